The predicted molar refractivity (Wildman–Crippen MR) is 99.6 cm³/mol. The van der Waals surface area contributed by atoms with E-state index >= 15 is 0 Å². The van der Waals surface area contributed by atoms with E-state index in [0.717, 1.165) is 30.2 Å². The van der Waals surface area contributed by atoms with Gasteiger partial charge in [0.15, 0.2) is 5.82 Å². The Bertz CT molecular complexity index is 745. The first-order chi connectivity index (χ1) is 12.0. The molecule has 1 aromatic carbocycles. The van der Waals surface area contributed by atoms with Crippen molar-refractivity contribution >= 4 is 23.5 Å². The maximum absolute atomic E-state index is 13.2. The van der Waals surface area contributed by atoms with Crippen molar-refractivity contribution in [2.24, 2.45) is 0 Å². The van der Waals surface area contributed by atoms with Crippen LogP contribution in [0.5, 0.6) is 0 Å². The Morgan fingerprint density at radius 2 is 1.92 bits per heavy atom. The SMILES string of the molecule is CC(C)NC(=O)c1cnc(-c2ccc(F)cc2)nc1N1CCSCC1. The number of amides is 1. The maximum atomic E-state index is 13.2. The highest BCUT2D eigenvalue weighted by Gasteiger charge is 2.22. The monoisotopic (exact) mass is 360 g/mol. The van der Waals surface area contributed by atoms with Crippen molar-refractivity contribution < 1.29 is 9.18 Å². The smallest absolute Gasteiger partial charge is 0.256 e. The zero-order chi connectivity index (χ0) is 17.8. The fourth-order valence-corrected chi connectivity index (χ4v) is 3.53. The van der Waals surface area contributed by atoms with Crippen LogP contribution in [0.25, 0.3) is 11.4 Å². The first-order valence-corrected chi connectivity index (χ1v) is 9.46. The molecule has 0 atom stereocenters. The number of aromatic nitrogens is 2. The van der Waals surface area contributed by atoms with Gasteiger partial charge in [0.2, 0.25) is 0 Å². The molecule has 0 unspecified atom stereocenters. The number of hydrogen-bond donors (Lipinski definition) is 1. The van der Waals surface area contributed by atoms with Crippen molar-refractivity contribution in [3.63, 3.8) is 0 Å². The van der Waals surface area contributed by atoms with Gasteiger partial charge in [0, 0.05) is 42.4 Å². The summed E-state index contributed by atoms with van der Waals surface area (Å²) in [4.78, 5) is 23.6. The summed E-state index contributed by atoms with van der Waals surface area (Å²) in [5, 5.41) is 2.90. The fourth-order valence-electron chi connectivity index (χ4n) is 2.63. The number of nitrogens with one attached hydrogen (secondary N) is 1. The van der Waals surface area contributed by atoms with Gasteiger partial charge in [0.05, 0.1) is 0 Å². The van der Waals surface area contributed by atoms with Gasteiger partial charge in [-0.2, -0.15) is 11.8 Å². The van der Waals surface area contributed by atoms with E-state index in [1.165, 1.54) is 12.1 Å². The molecule has 1 saturated heterocycles. The highest BCUT2D eigenvalue weighted by molar-refractivity contribution is 7.99. The highest BCUT2D eigenvalue weighted by Crippen LogP contribution is 2.25. The summed E-state index contributed by atoms with van der Waals surface area (Å²) in [6.07, 6.45) is 1.57. The molecule has 2 heterocycles. The summed E-state index contributed by atoms with van der Waals surface area (Å²) >= 11 is 1.89. The van der Waals surface area contributed by atoms with Crippen LogP contribution in [0, 0.1) is 5.82 Å². The molecule has 1 aliphatic heterocycles. The lowest BCUT2D eigenvalue weighted by Crippen LogP contribution is -2.37. The van der Waals surface area contributed by atoms with Gasteiger partial charge in [-0.3, -0.25) is 4.79 Å². The molecule has 0 spiro atoms. The molecule has 5 nitrogen and oxygen atoms in total. The zero-order valence-electron chi connectivity index (χ0n) is 14.3. The Hall–Kier alpha value is -2.15. The summed E-state index contributed by atoms with van der Waals surface area (Å²) in [5.41, 5.74) is 1.20. The summed E-state index contributed by atoms with van der Waals surface area (Å²) in [5.74, 6) is 2.67. The van der Waals surface area contributed by atoms with Crippen molar-refractivity contribution in [2.45, 2.75) is 19.9 Å². The normalized spacial score (nSPS) is 14.6. The molecule has 1 fully saturated rings. The maximum Gasteiger partial charge on any atom is 0.256 e. The number of carbonyl (C=O) groups excluding carboxylic acids is 1. The molecule has 1 aliphatic rings. The van der Waals surface area contributed by atoms with E-state index in [1.54, 1.807) is 18.3 Å². The van der Waals surface area contributed by atoms with E-state index < -0.39 is 0 Å². The molecular weight excluding hydrogens is 339 g/mol. The van der Waals surface area contributed by atoms with Crippen LogP contribution in [0.1, 0.15) is 24.2 Å². The Kier molecular flexibility index (Phi) is 5.53. The van der Waals surface area contributed by atoms with Crippen molar-refractivity contribution in [1.29, 1.82) is 0 Å². The summed E-state index contributed by atoms with van der Waals surface area (Å²) in [6.45, 7) is 5.52. The van der Waals surface area contributed by atoms with Gasteiger partial charge in [-0.25, -0.2) is 14.4 Å². The van der Waals surface area contributed by atoms with Crippen molar-refractivity contribution in [1.82, 2.24) is 15.3 Å². The van der Waals surface area contributed by atoms with Crippen LogP contribution in [0.3, 0.4) is 0 Å². The number of carbonyl (C=O) groups is 1. The Balaban J connectivity index is 2.00. The zero-order valence-corrected chi connectivity index (χ0v) is 15.1. The number of halogens is 1. The molecule has 2 aromatic rings. The number of hydrogen-bond acceptors (Lipinski definition) is 5. The third-order valence-corrected chi connectivity index (χ3v) is 4.79. The Morgan fingerprint density at radius 1 is 1.24 bits per heavy atom. The second-order valence-electron chi connectivity index (χ2n) is 6.17. The van der Waals surface area contributed by atoms with Crippen LogP contribution in [0.4, 0.5) is 10.2 Å². The van der Waals surface area contributed by atoms with Gasteiger partial charge in [0.25, 0.3) is 5.91 Å². The molecule has 132 valence electrons. The van der Waals surface area contributed by atoms with Gasteiger partial charge in [-0.15, -0.1) is 0 Å². The molecule has 0 radical (unpaired) electrons. The van der Waals surface area contributed by atoms with Crippen LogP contribution >= 0.6 is 11.8 Å². The number of rotatable bonds is 4. The number of thioether (sulfide) groups is 1. The van der Waals surface area contributed by atoms with Crippen LogP contribution in [0.15, 0.2) is 30.5 Å². The van der Waals surface area contributed by atoms with Crippen molar-refractivity contribution in [3.05, 3.63) is 41.8 Å². The third-order valence-electron chi connectivity index (χ3n) is 3.85. The molecule has 25 heavy (non-hydrogen) atoms. The average Bonchev–Trinajstić information content (AvgIpc) is 2.62. The van der Waals surface area contributed by atoms with Crippen molar-refractivity contribution in [3.8, 4) is 11.4 Å². The quantitative estimate of drug-likeness (QED) is 0.908. The molecule has 7 heteroatoms. The second-order valence-corrected chi connectivity index (χ2v) is 7.39. The molecule has 1 amide bonds. The minimum atomic E-state index is -0.301. The average molecular weight is 360 g/mol. The Labute approximate surface area is 151 Å². The van der Waals surface area contributed by atoms with E-state index in [0.29, 0.717) is 17.2 Å². The van der Waals surface area contributed by atoms with Crippen LogP contribution in [0.2, 0.25) is 0 Å². The van der Waals surface area contributed by atoms with E-state index in [-0.39, 0.29) is 17.8 Å². The van der Waals surface area contributed by atoms with E-state index in [4.69, 9.17) is 0 Å². The summed E-state index contributed by atoms with van der Waals surface area (Å²) < 4.78 is 13.2. The largest absolute Gasteiger partial charge is 0.354 e. The van der Waals surface area contributed by atoms with Crippen molar-refractivity contribution in [2.75, 3.05) is 29.5 Å². The summed E-state index contributed by atoms with van der Waals surface area (Å²) in [6, 6.07) is 6.10. The van der Waals surface area contributed by atoms with Gasteiger partial charge >= 0.3 is 0 Å². The number of benzene rings is 1. The van der Waals surface area contributed by atoms with E-state index in [9.17, 15) is 9.18 Å². The molecule has 0 bridgehead atoms. The fraction of sp³-hybridized carbons (Fsp3) is 0.389. The standard InChI is InChI=1S/C18H21FN4OS/c1-12(2)21-18(24)15-11-20-16(13-3-5-14(19)6-4-13)22-17(15)23-7-9-25-10-8-23/h3-6,11-12H,7-10H2,1-2H3,(H,21,24). The van der Waals surface area contributed by atoms with E-state index in [1.807, 2.05) is 25.6 Å². The summed E-state index contributed by atoms with van der Waals surface area (Å²) in [7, 11) is 0. The third kappa shape index (κ3) is 4.28. The van der Waals surface area contributed by atoms with E-state index in [2.05, 4.69) is 20.2 Å². The van der Waals surface area contributed by atoms with Gasteiger partial charge in [0.1, 0.15) is 17.2 Å². The van der Waals surface area contributed by atoms with Gasteiger partial charge < -0.3 is 10.2 Å². The second kappa shape index (κ2) is 7.82. The molecule has 1 aromatic heterocycles. The molecule has 0 aliphatic carbocycles. The van der Waals surface area contributed by atoms with Gasteiger partial charge in [-0.1, -0.05) is 0 Å². The molecule has 0 saturated carbocycles. The van der Waals surface area contributed by atoms with Crippen LogP contribution in [-0.2, 0) is 0 Å². The molecule has 3 rings (SSSR count). The molecular formula is C18H21FN4OS. The van der Waals surface area contributed by atoms with Gasteiger partial charge in [-0.05, 0) is 38.1 Å². The lowest BCUT2D eigenvalue weighted by molar-refractivity contribution is 0.0943. The lowest BCUT2D eigenvalue weighted by Gasteiger charge is -2.29. The Morgan fingerprint density at radius 3 is 2.56 bits per heavy atom. The van der Waals surface area contributed by atoms with Crippen LogP contribution < -0.4 is 10.2 Å². The van der Waals surface area contributed by atoms with Crippen LogP contribution in [-0.4, -0.2) is 46.5 Å². The topological polar surface area (TPSA) is 58.1 Å². The number of nitrogens with zero attached hydrogens (tertiary/aromatic N) is 3. The molecule has 1 N–H and O–H groups in total. The highest BCUT2D eigenvalue weighted by atomic mass is 32.2. The first kappa shape index (κ1) is 17.7. The first-order valence-electron chi connectivity index (χ1n) is 8.31. The minimum Gasteiger partial charge on any atom is -0.354 e. The predicted octanol–water partition coefficient (Wildman–Crippen LogP) is 2.97. The lowest BCUT2D eigenvalue weighted by atomic mass is 10.2. The minimum absolute atomic E-state index is 0.0361. The number of anilines is 1.